The average molecular weight is 171 g/mol. The van der Waals surface area contributed by atoms with Crippen LogP contribution in [0.25, 0.3) is 0 Å². The fourth-order valence-electron chi connectivity index (χ4n) is 0.773. The van der Waals surface area contributed by atoms with Gasteiger partial charge in [-0.3, -0.25) is 0 Å². The molecule has 3 nitrogen and oxygen atoms in total. The second-order valence-corrected chi connectivity index (χ2v) is 2.23. The normalized spacial score (nSPS) is 9.83. The largest absolute Gasteiger partial charge is 0.465 e. The van der Waals surface area contributed by atoms with E-state index in [1.807, 2.05) is 0 Å². The van der Waals surface area contributed by atoms with Crippen molar-refractivity contribution in [1.29, 1.82) is 0 Å². The van der Waals surface area contributed by atoms with Gasteiger partial charge in [0.1, 0.15) is 11.6 Å². The molecule has 0 spiro atoms. The molecule has 0 aliphatic carbocycles. The molecule has 2 N–H and O–H groups in total. The van der Waals surface area contributed by atoms with Gasteiger partial charge in [0.2, 0.25) is 0 Å². The molecule has 1 aromatic rings. The Morgan fingerprint density at radius 3 is 2.83 bits per heavy atom. The summed E-state index contributed by atoms with van der Waals surface area (Å²) in [7, 11) is 1.50. The lowest BCUT2D eigenvalue weighted by molar-refractivity contribution is 0.0516. The number of anilines is 1. The molecule has 0 unspecified atom stereocenters. The molecule has 0 aromatic heterocycles. The molecule has 0 bridgehead atoms. The van der Waals surface area contributed by atoms with Crippen LogP contribution in [0.1, 0.15) is 0 Å². The van der Waals surface area contributed by atoms with Crippen LogP contribution in [0.5, 0.6) is 5.75 Å². The highest BCUT2D eigenvalue weighted by molar-refractivity contribution is 5.52. The maximum Gasteiger partial charge on any atom is 0.188 e. The Morgan fingerprint density at radius 1 is 1.50 bits per heavy atom. The molecule has 0 heterocycles. The van der Waals surface area contributed by atoms with Gasteiger partial charge in [0.25, 0.3) is 0 Å². The van der Waals surface area contributed by atoms with Crippen LogP contribution >= 0.6 is 0 Å². The Balaban J connectivity index is 2.72. The standard InChI is InChI=1S/C8H10FNO2/c1-11-5-12-8-3-2-6(9)4-7(8)10/h2-4H,5,10H2,1H3. The number of nitrogens with two attached hydrogens (primary N) is 1. The summed E-state index contributed by atoms with van der Waals surface area (Å²) < 4.78 is 22.2. The van der Waals surface area contributed by atoms with Gasteiger partial charge in [0.15, 0.2) is 6.79 Å². The van der Waals surface area contributed by atoms with Crippen molar-refractivity contribution < 1.29 is 13.9 Å². The van der Waals surface area contributed by atoms with Gasteiger partial charge in [-0.15, -0.1) is 0 Å². The number of hydrogen-bond acceptors (Lipinski definition) is 3. The number of rotatable bonds is 3. The maximum atomic E-state index is 12.5. The van der Waals surface area contributed by atoms with Crippen molar-refractivity contribution in [3.8, 4) is 5.75 Å². The molecule has 4 heteroatoms. The number of nitrogen functional groups attached to an aromatic ring is 1. The van der Waals surface area contributed by atoms with Gasteiger partial charge < -0.3 is 15.2 Å². The zero-order valence-corrected chi connectivity index (χ0v) is 6.71. The lowest BCUT2D eigenvalue weighted by atomic mass is 10.3. The third-order valence-corrected chi connectivity index (χ3v) is 1.30. The summed E-state index contributed by atoms with van der Waals surface area (Å²) in [5, 5.41) is 0. The second-order valence-electron chi connectivity index (χ2n) is 2.23. The van der Waals surface area contributed by atoms with E-state index in [1.165, 1.54) is 25.3 Å². The minimum atomic E-state index is -0.378. The SMILES string of the molecule is COCOc1ccc(F)cc1N. The Bertz CT molecular complexity index is 265. The van der Waals surface area contributed by atoms with Gasteiger partial charge in [0.05, 0.1) is 5.69 Å². The summed E-state index contributed by atoms with van der Waals surface area (Å²) in [5.41, 5.74) is 5.71. The van der Waals surface area contributed by atoms with Crippen LogP contribution in [0.4, 0.5) is 10.1 Å². The van der Waals surface area contributed by atoms with E-state index >= 15 is 0 Å². The van der Waals surface area contributed by atoms with E-state index < -0.39 is 0 Å². The van der Waals surface area contributed by atoms with Gasteiger partial charge >= 0.3 is 0 Å². The van der Waals surface area contributed by atoms with Crippen molar-refractivity contribution in [2.45, 2.75) is 0 Å². The molecule has 1 aromatic carbocycles. The number of ether oxygens (including phenoxy) is 2. The van der Waals surface area contributed by atoms with Crippen LogP contribution in [0, 0.1) is 5.82 Å². The van der Waals surface area contributed by atoms with Crippen LogP contribution < -0.4 is 10.5 Å². The van der Waals surface area contributed by atoms with Crippen LogP contribution in [0.15, 0.2) is 18.2 Å². The van der Waals surface area contributed by atoms with Crippen molar-refractivity contribution in [3.63, 3.8) is 0 Å². The van der Waals surface area contributed by atoms with E-state index in [4.69, 9.17) is 10.5 Å². The van der Waals surface area contributed by atoms with Crippen molar-refractivity contribution in [2.24, 2.45) is 0 Å². The smallest absolute Gasteiger partial charge is 0.188 e. The Hall–Kier alpha value is -1.29. The van der Waals surface area contributed by atoms with E-state index in [-0.39, 0.29) is 18.3 Å². The molecule has 0 radical (unpaired) electrons. The predicted molar refractivity (Wildman–Crippen MR) is 43.3 cm³/mol. The number of halogens is 1. The highest BCUT2D eigenvalue weighted by atomic mass is 19.1. The highest BCUT2D eigenvalue weighted by Gasteiger charge is 2.00. The summed E-state index contributed by atoms with van der Waals surface area (Å²) in [4.78, 5) is 0. The van der Waals surface area contributed by atoms with Gasteiger partial charge in [0, 0.05) is 13.2 Å². The number of hydrogen-bond donors (Lipinski definition) is 1. The van der Waals surface area contributed by atoms with E-state index in [9.17, 15) is 4.39 Å². The molecule has 0 saturated heterocycles. The first-order valence-corrected chi connectivity index (χ1v) is 3.41. The summed E-state index contributed by atoms with van der Waals surface area (Å²) in [5.74, 6) is 0.0514. The lowest BCUT2D eigenvalue weighted by Gasteiger charge is -2.06. The summed E-state index contributed by atoms with van der Waals surface area (Å²) >= 11 is 0. The van der Waals surface area contributed by atoms with Gasteiger partial charge in [-0.1, -0.05) is 0 Å². The van der Waals surface area contributed by atoms with E-state index in [0.29, 0.717) is 5.75 Å². The maximum absolute atomic E-state index is 12.5. The van der Waals surface area contributed by atoms with Gasteiger partial charge in [-0.05, 0) is 12.1 Å². The molecule has 1 rings (SSSR count). The van der Waals surface area contributed by atoms with E-state index in [2.05, 4.69) is 4.74 Å². The molecule has 0 amide bonds. The molecular formula is C8H10FNO2. The minimum Gasteiger partial charge on any atom is -0.465 e. The van der Waals surface area contributed by atoms with E-state index in [0.717, 1.165) is 0 Å². The van der Waals surface area contributed by atoms with Crippen molar-refractivity contribution in [3.05, 3.63) is 24.0 Å². The van der Waals surface area contributed by atoms with Crippen LogP contribution in [0.2, 0.25) is 0 Å². The molecular weight excluding hydrogens is 161 g/mol. The van der Waals surface area contributed by atoms with Crippen molar-refractivity contribution in [1.82, 2.24) is 0 Å². The number of benzene rings is 1. The molecule has 0 aliphatic rings. The van der Waals surface area contributed by atoms with Crippen molar-refractivity contribution >= 4 is 5.69 Å². The van der Waals surface area contributed by atoms with Gasteiger partial charge in [-0.2, -0.15) is 0 Å². The first kappa shape index (κ1) is 8.80. The Labute approximate surface area is 69.9 Å². The summed E-state index contributed by atoms with van der Waals surface area (Å²) in [6.45, 7) is 0.107. The van der Waals surface area contributed by atoms with Crippen LogP contribution in [-0.4, -0.2) is 13.9 Å². The average Bonchev–Trinajstić information content (AvgIpc) is 2.03. The molecule has 66 valence electrons. The summed E-state index contributed by atoms with van der Waals surface area (Å²) in [6.07, 6.45) is 0. The number of methoxy groups -OCH3 is 1. The first-order valence-electron chi connectivity index (χ1n) is 3.41. The topological polar surface area (TPSA) is 44.5 Å². The van der Waals surface area contributed by atoms with Crippen LogP contribution in [-0.2, 0) is 4.74 Å². The van der Waals surface area contributed by atoms with E-state index in [1.54, 1.807) is 0 Å². The monoisotopic (exact) mass is 171 g/mol. The molecule has 12 heavy (non-hydrogen) atoms. The quantitative estimate of drug-likeness (QED) is 0.552. The fraction of sp³-hybridized carbons (Fsp3) is 0.250. The molecule has 0 saturated carbocycles. The zero-order chi connectivity index (χ0) is 8.97. The summed E-state index contributed by atoms with van der Waals surface area (Å²) in [6, 6.07) is 3.94. The zero-order valence-electron chi connectivity index (χ0n) is 6.71. The second kappa shape index (κ2) is 3.92. The molecule has 0 fully saturated rings. The lowest BCUT2D eigenvalue weighted by Crippen LogP contribution is -2.01. The molecule has 0 aliphatic heterocycles. The minimum absolute atomic E-state index is 0.107. The Kier molecular flexibility index (Phi) is 2.88. The first-order chi connectivity index (χ1) is 5.74. The molecule has 0 atom stereocenters. The predicted octanol–water partition coefficient (Wildman–Crippen LogP) is 1.39. The van der Waals surface area contributed by atoms with Gasteiger partial charge in [-0.25, -0.2) is 4.39 Å². The Morgan fingerprint density at radius 2 is 2.25 bits per heavy atom. The highest BCUT2D eigenvalue weighted by Crippen LogP contribution is 2.21. The van der Waals surface area contributed by atoms with Crippen LogP contribution in [0.3, 0.4) is 0 Å². The third kappa shape index (κ3) is 2.10. The van der Waals surface area contributed by atoms with Crippen molar-refractivity contribution in [2.75, 3.05) is 19.6 Å². The third-order valence-electron chi connectivity index (χ3n) is 1.30. The fourth-order valence-corrected chi connectivity index (χ4v) is 0.773.